The summed E-state index contributed by atoms with van der Waals surface area (Å²) in [5, 5.41) is 12.8. The highest BCUT2D eigenvalue weighted by Gasteiger charge is 2.15. The van der Waals surface area contributed by atoms with Crippen LogP contribution in [-0.2, 0) is 0 Å². The summed E-state index contributed by atoms with van der Waals surface area (Å²) in [6.45, 7) is 3.86. The van der Waals surface area contributed by atoms with E-state index in [0.29, 0.717) is 25.2 Å². The molecule has 6 heteroatoms. The molecule has 6 nitrogen and oxygen atoms in total. The smallest absolute Gasteiger partial charge is 0.321 e. The highest BCUT2D eigenvalue weighted by Crippen LogP contribution is 2.22. The van der Waals surface area contributed by atoms with Crippen LogP contribution in [-0.4, -0.2) is 54.5 Å². The number of amides is 2. The zero-order valence-corrected chi connectivity index (χ0v) is 15.1. The van der Waals surface area contributed by atoms with Crippen LogP contribution in [0, 0.1) is 18.3 Å². The summed E-state index contributed by atoms with van der Waals surface area (Å²) in [5.74, 6) is 0. The fourth-order valence-corrected chi connectivity index (χ4v) is 2.62. The molecule has 0 aliphatic carbocycles. The molecule has 25 heavy (non-hydrogen) atoms. The summed E-state index contributed by atoms with van der Waals surface area (Å²) >= 11 is 0. The maximum atomic E-state index is 12.7. The van der Waals surface area contributed by atoms with Gasteiger partial charge in [0.25, 0.3) is 0 Å². The van der Waals surface area contributed by atoms with Crippen LogP contribution in [0.3, 0.4) is 0 Å². The summed E-state index contributed by atoms with van der Waals surface area (Å²) in [7, 11) is 4.01. The number of carbonyl (C=O) groups excluding carboxylic acids is 1. The number of hydrogen-bond acceptors (Lipinski definition) is 4. The fourth-order valence-electron chi connectivity index (χ4n) is 2.62. The Kier molecular flexibility index (Phi) is 6.72. The maximum absolute atomic E-state index is 12.7. The van der Waals surface area contributed by atoms with Gasteiger partial charge in [0.1, 0.15) is 0 Å². The summed E-state index contributed by atoms with van der Waals surface area (Å²) < 4.78 is 0. The van der Waals surface area contributed by atoms with Gasteiger partial charge in [-0.15, -0.1) is 0 Å². The molecule has 0 unspecified atom stereocenters. The molecule has 0 fully saturated rings. The minimum atomic E-state index is -0.190. The number of nitriles is 1. The van der Waals surface area contributed by atoms with Gasteiger partial charge in [-0.25, -0.2) is 4.79 Å². The number of aryl methyl sites for hydroxylation is 1. The van der Waals surface area contributed by atoms with E-state index >= 15 is 0 Å². The molecule has 0 aliphatic heterocycles. The topological polar surface area (TPSA) is 72.3 Å². The number of carbonyl (C=O) groups is 1. The van der Waals surface area contributed by atoms with Gasteiger partial charge in [-0.3, -0.25) is 4.98 Å². The molecule has 0 atom stereocenters. The van der Waals surface area contributed by atoms with Crippen LogP contribution in [0.1, 0.15) is 18.5 Å². The van der Waals surface area contributed by atoms with Crippen molar-refractivity contribution in [2.45, 2.75) is 19.8 Å². The van der Waals surface area contributed by atoms with Gasteiger partial charge in [0, 0.05) is 24.2 Å². The second-order valence-electron chi connectivity index (χ2n) is 6.31. The van der Waals surface area contributed by atoms with Gasteiger partial charge in [0.15, 0.2) is 0 Å². The minimum absolute atomic E-state index is 0.190. The van der Waals surface area contributed by atoms with Crippen LogP contribution in [0.5, 0.6) is 0 Å². The predicted molar refractivity (Wildman–Crippen MR) is 100 cm³/mol. The van der Waals surface area contributed by atoms with Gasteiger partial charge in [-0.2, -0.15) is 5.26 Å². The number of aromatic nitrogens is 1. The lowest BCUT2D eigenvalue weighted by molar-refractivity contribution is 0.209. The largest absolute Gasteiger partial charge is 0.323 e. The maximum Gasteiger partial charge on any atom is 0.321 e. The molecular weight excluding hydrogens is 314 g/mol. The second kappa shape index (κ2) is 9.00. The molecule has 0 aliphatic rings. The first-order chi connectivity index (χ1) is 12.0. The Bertz CT molecular complexity index is 766. The van der Waals surface area contributed by atoms with Gasteiger partial charge >= 0.3 is 6.03 Å². The third-order valence-electron chi connectivity index (χ3n) is 3.92. The monoisotopic (exact) mass is 339 g/mol. The molecule has 2 rings (SSSR count). The third-order valence-corrected chi connectivity index (χ3v) is 3.92. The molecule has 0 spiro atoms. The number of urea groups is 1. The second-order valence-corrected chi connectivity index (χ2v) is 6.31. The molecule has 0 bridgehead atoms. The quantitative estimate of drug-likeness (QED) is 0.840. The van der Waals surface area contributed by atoms with Gasteiger partial charge in [-0.05, 0) is 46.1 Å². The average Bonchev–Trinajstić information content (AvgIpc) is 2.58. The summed E-state index contributed by atoms with van der Waals surface area (Å²) in [4.78, 5) is 21.0. The molecule has 0 radical (unpaired) electrons. The first-order valence-corrected chi connectivity index (χ1v) is 8.45. The van der Waals surface area contributed by atoms with E-state index in [0.717, 1.165) is 29.6 Å². The van der Waals surface area contributed by atoms with Crippen LogP contribution >= 0.6 is 0 Å². The van der Waals surface area contributed by atoms with Crippen LogP contribution < -0.4 is 5.32 Å². The van der Waals surface area contributed by atoms with Crippen molar-refractivity contribution in [3.63, 3.8) is 0 Å². The van der Waals surface area contributed by atoms with Gasteiger partial charge in [0.05, 0.1) is 23.7 Å². The zero-order chi connectivity index (χ0) is 18.2. The number of pyridine rings is 1. The highest BCUT2D eigenvalue weighted by atomic mass is 16.2. The third kappa shape index (κ3) is 5.44. The molecule has 0 saturated heterocycles. The number of benzene rings is 1. The van der Waals surface area contributed by atoms with Crippen molar-refractivity contribution in [1.29, 1.82) is 5.26 Å². The van der Waals surface area contributed by atoms with Crippen LogP contribution in [0.15, 0.2) is 30.3 Å². The van der Waals surface area contributed by atoms with Crippen LogP contribution in [0.2, 0.25) is 0 Å². The molecule has 132 valence electrons. The lowest BCUT2D eigenvalue weighted by Gasteiger charge is -2.23. The molecule has 2 amide bonds. The number of rotatable bonds is 7. The Hall–Kier alpha value is -2.65. The number of anilines is 1. The van der Waals surface area contributed by atoms with E-state index in [1.165, 1.54) is 0 Å². The van der Waals surface area contributed by atoms with Gasteiger partial charge in [0.2, 0.25) is 0 Å². The Morgan fingerprint density at radius 2 is 2.00 bits per heavy atom. The molecule has 1 aromatic carbocycles. The summed E-state index contributed by atoms with van der Waals surface area (Å²) in [6.07, 6.45) is 1.18. The van der Waals surface area contributed by atoms with Crippen molar-refractivity contribution in [3.05, 3.63) is 36.0 Å². The van der Waals surface area contributed by atoms with Crippen molar-refractivity contribution in [1.82, 2.24) is 14.8 Å². The molecule has 2 aromatic rings. The number of hydrogen-bond donors (Lipinski definition) is 1. The Morgan fingerprint density at radius 1 is 1.20 bits per heavy atom. The summed E-state index contributed by atoms with van der Waals surface area (Å²) in [6, 6.07) is 11.6. The van der Waals surface area contributed by atoms with Crippen molar-refractivity contribution in [2.24, 2.45) is 0 Å². The van der Waals surface area contributed by atoms with Crippen LogP contribution in [0.25, 0.3) is 10.9 Å². The van der Waals surface area contributed by atoms with E-state index in [9.17, 15) is 4.79 Å². The molecular formula is C19H25N5O. The first kappa shape index (κ1) is 18.7. The standard InChI is InChI=1S/C19H25N5O/c1-15-9-10-16-7-4-8-17(18(16)21-15)22-19(25)24(13-5-11-20)14-6-12-23(2)3/h4,7-10H,5-6,12-14H2,1-3H3,(H,22,25). The van der Waals surface area contributed by atoms with E-state index < -0.39 is 0 Å². The SMILES string of the molecule is Cc1ccc2cccc(NC(=O)N(CCC#N)CCCN(C)C)c2n1. The Morgan fingerprint density at radius 3 is 2.72 bits per heavy atom. The lowest BCUT2D eigenvalue weighted by atomic mass is 10.2. The molecule has 0 saturated carbocycles. The molecule has 1 aromatic heterocycles. The first-order valence-electron chi connectivity index (χ1n) is 8.45. The van der Waals surface area contributed by atoms with Crippen molar-refractivity contribution in [2.75, 3.05) is 39.0 Å². The zero-order valence-electron chi connectivity index (χ0n) is 15.1. The molecule has 1 N–H and O–H groups in total. The Labute approximate surface area is 149 Å². The number of nitrogens with one attached hydrogen (secondary N) is 1. The number of nitrogens with zero attached hydrogens (tertiary/aromatic N) is 4. The number of fused-ring (bicyclic) bond motifs is 1. The van der Waals surface area contributed by atoms with E-state index in [2.05, 4.69) is 21.3 Å². The van der Waals surface area contributed by atoms with Crippen molar-refractivity contribution < 1.29 is 4.79 Å². The molecule has 1 heterocycles. The fraction of sp³-hybridized carbons (Fsp3) is 0.421. The van der Waals surface area contributed by atoms with Crippen LogP contribution in [0.4, 0.5) is 10.5 Å². The predicted octanol–water partition coefficient (Wildman–Crippen LogP) is 3.24. The van der Waals surface area contributed by atoms with E-state index in [1.54, 1.807) is 4.90 Å². The minimum Gasteiger partial charge on any atom is -0.323 e. The normalized spacial score (nSPS) is 10.7. The number of para-hydroxylation sites is 1. The van der Waals surface area contributed by atoms with Crippen molar-refractivity contribution >= 4 is 22.6 Å². The average molecular weight is 339 g/mol. The Balaban J connectivity index is 2.14. The van der Waals surface area contributed by atoms with Crippen molar-refractivity contribution in [3.8, 4) is 6.07 Å². The lowest BCUT2D eigenvalue weighted by Crippen LogP contribution is -2.37. The highest BCUT2D eigenvalue weighted by molar-refractivity contribution is 5.99. The summed E-state index contributed by atoms with van der Waals surface area (Å²) in [5.41, 5.74) is 2.38. The van der Waals surface area contributed by atoms with E-state index in [-0.39, 0.29) is 6.03 Å². The van der Waals surface area contributed by atoms with Gasteiger partial charge in [-0.1, -0.05) is 18.2 Å². The van der Waals surface area contributed by atoms with E-state index in [4.69, 9.17) is 5.26 Å². The van der Waals surface area contributed by atoms with E-state index in [1.807, 2.05) is 51.4 Å². The van der Waals surface area contributed by atoms with Gasteiger partial charge < -0.3 is 15.1 Å².